The zero-order chi connectivity index (χ0) is 19.0. The van der Waals surface area contributed by atoms with Crippen LogP contribution in [0.1, 0.15) is 18.9 Å². The van der Waals surface area contributed by atoms with Crippen LogP contribution in [0, 0.1) is 9.39 Å². The molecule has 0 atom stereocenters. The molecule has 1 aromatic heterocycles. The summed E-state index contributed by atoms with van der Waals surface area (Å²) in [5, 5.41) is 2.90. The SMILES string of the molecule is O=C(Nc1ccc(I)cc1)N1CCC(n2c(=O)[nH]c3c(F)cccc32)CC1. The lowest BCUT2D eigenvalue weighted by atomic mass is 10.0. The molecule has 0 bridgehead atoms. The van der Waals surface area contributed by atoms with E-state index in [2.05, 4.69) is 32.9 Å². The third-order valence-corrected chi connectivity index (χ3v) is 5.63. The van der Waals surface area contributed by atoms with Gasteiger partial charge >= 0.3 is 11.7 Å². The Bertz CT molecular complexity index is 1040. The lowest BCUT2D eigenvalue weighted by Gasteiger charge is -2.32. The van der Waals surface area contributed by atoms with E-state index in [-0.39, 0.29) is 23.3 Å². The Morgan fingerprint density at radius 2 is 1.85 bits per heavy atom. The molecule has 8 heteroatoms. The van der Waals surface area contributed by atoms with E-state index < -0.39 is 5.82 Å². The van der Waals surface area contributed by atoms with Crippen LogP contribution in [-0.4, -0.2) is 33.6 Å². The van der Waals surface area contributed by atoms with Gasteiger partial charge in [-0.1, -0.05) is 6.07 Å². The van der Waals surface area contributed by atoms with E-state index in [1.54, 1.807) is 21.6 Å². The maximum atomic E-state index is 13.9. The van der Waals surface area contributed by atoms with Crippen LogP contribution >= 0.6 is 22.6 Å². The van der Waals surface area contributed by atoms with Crippen LogP contribution < -0.4 is 11.0 Å². The number of benzene rings is 2. The van der Waals surface area contributed by atoms with E-state index in [0.717, 1.165) is 9.26 Å². The molecule has 1 fully saturated rings. The van der Waals surface area contributed by atoms with Gasteiger partial charge in [-0.2, -0.15) is 0 Å². The molecule has 0 saturated carbocycles. The van der Waals surface area contributed by atoms with Gasteiger partial charge in [-0.05, 0) is 71.8 Å². The predicted molar refractivity (Wildman–Crippen MR) is 111 cm³/mol. The highest BCUT2D eigenvalue weighted by Gasteiger charge is 2.26. The lowest BCUT2D eigenvalue weighted by molar-refractivity contribution is 0.184. The number of amides is 2. The van der Waals surface area contributed by atoms with Gasteiger partial charge in [0.25, 0.3) is 0 Å². The van der Waals surface area contributed by atoms with Gasteiger partial charge in [0.2, 0.25) is 0 Å². The number of rotatable bonds is 2. The molecule has 0 spiro atoms. The summed E-state index contributed by atoms with van der Waals surface area (Å²) in [5.74, 6) is -0.433. The highest BCUT2D eigenvalue weighted by Crippen LogP contribution is 2.26. The fourth-order valence-corrected chi connectivity index (χ4v) is 3.90. The number of aromatic nitrogens is 2. The number of likely N-dealkylation sites (tertiary alicyclic amines) is 1. The second kappa shape index (κ2) is 7.34. The smallest absolute Gasteiger partial charge is 0.324 e. The first-order valence-electron chi connectivity index (χ1n) is 8.73. The number of urea groups is 1. The summed E-state index contributed by atoms with van der Waals surface area (Å²) in [6.07, 6.45) is 1.28. The predicted octanol–water partition coefficient (Wildman–Crippen LogP) is 3.94. The summed E-state index contributed by atoms with van der Waals surface area (Å²) in [6.45, 7) is 1.07. The number of piperidine rings is 1. The van der Waals surface area contributed by atoms with Gasteiger partial charge in [0.05, 0.1) is 5.52 Å². The maximum Gasteiger partial charge on any atom is 0.326 e. The van der Waals surface area contributed by atoms with Gasteiger partial charge in [0.15, 0.2) is 0 Å². The monoisotopic (exact) mass is 480 g/mol. The summed E-state index contributed by atoms with van der Waals surface area (Å²) in [5.41, 5.74) is 1.26. The Balaban J connectivity index is 1.45. The fourth-order valence-electron chi connectivity index (χ4n) is 3.54. The fraction of sp³-hybridized carbons (Fsp3) is 0.263. The molecule has 1 saturated heterocycles. The Morgan fingerprint density at radius 3 is 2.56 bits per heavy atom. The van der Waals surface area contributed by atoms with Crippen molar-refractivity contribution in [1.29, 1.82) is 0 Å². The quantitative estimate of drug-likeness (QED) is 0.546. The van der Waals surface area contributed by atoms with Crippen LogP contribution in [0.25, 0.3) is 11.0 Å². The van der Waals surface area contributed by atoms with Crippen LogP contribution in [0.3, 0.4) is 0 Å². The molecule has 3 aromatic rings. The lowest BCUT2D eigenvalue weighted by Crippen LogP contribution is -2.42. The summed E-state index contributed by atoms with van der Waals surface area (Å²) < 4.78 is 16.6. The highest BCUT2D eigenvalue weighted by atomic mass is 127. The molecular formula is C19H18FIN4O2. The van der Waals surface area contributed by atoms with Crippen molar-refractivity contribution in [1.82, 2.24) is 14.5 Å². The van der Waals surface area contributed by atoms with Crippen LogP contribution in [0.4, 0.5) is 14.9 Å². The summed E-state index contributed by atoms with van der Waals surface area (Å²) in [4.78, 5) is 29.1. The van der Waals surface area contributed by atoms with Crippen molar-refractivity contribution in [3.8, 4) is 0 Å². The number of anilines is 1. The molecule has 2 aromatic carbocycles. The van der Waals surface area contributed by atoms with Crippen molar-refractivity contribution in [2.75, 3.05) is 18.4 Å². The maximum absolute atomic E-state index is 13.9. The summed E-state index contributed by atoms with van der Waals surface area (Å²) in [7, 11) is 0. The third kappa shape index (κ3) is 3.58. The third-order valence-electron chi connectivity index (χ3n) is 4.91. The number of fused-ring (bicyclic) bond motifs is 1. The van der Waals surface area contributed by atoms with E-state index in [0.29, 0.717) is 31.4 Å². The molecule has 0 radical (unpaired) electrons. The molecule has 0 aliphatic carbocycles. The number of hydrogen-bond acceptors (Lipinski definition) is 2. The molecule has 2 N–H and O–H groups in total. The van der Waals surface area contributed by atoms with E-state index in [1.807, 2.05) is 24.3 Å². The number of nitrogens with one attached hydrogen (secondary N) is 2. The zero-order valence-electron chi connectivity index (χ0n) is 14.4. The van der Waals surface area contributed by atoms with Crippen molar-refractivity contribution in [3.63, 3.8) is 0 Å². The first-order valence-corrected chi connectivity index (χ1v) is 9.81. The van der Waals surface area contributed by atoms with Crippen molar-refractivity contribution < 1.29 is 9.18 Å². The average molecular weight is 480 g/mol. The number of carbonyl (C=O) groups excluding carboxylic acids is 1. The molecule has 1 aliphatic rings. The highest BCUT2D eigenvalue weighted by molar-refractivity contribution is 14.1. The van der Waals surface area contributed by atoms with Gasteiger partial charge in [-0.25, -0.2) is 14.0 Å². The topological polar surface area (TPSA) is 70.1 Å². The first-order chi connectivity index (χ1) is 13.0. The Hall–Kier alpha value is -2.36. The molecular weight excluding hydrogens is 462 g/mol. The number of imidazole rings is 1. The average Bonchev–Trinajstić information content (AvgIpc) is 3.01. The number of para-hydroxylation sites is 1. The Labute approximate surface area is 168 Å². The molecule has 6 nitrogen and oxygen atoms in total. The van der Waals surface area contributed by atoms with Gasteiger partial charge in [0, 0.05) is 28.4 Å². The second-order valence-corrected chi connectivity index (χ2v) is 7.84. The zero-order valence-corrected chi connectivity index (χ0v) is 16.6. The number of nitrogens with zero attached hydrogens (tertiary/aromatic N) is 2. The number of hydrogen-bond donors (Lipinski definition) is 2. The minimum atomic E-state index is -0.433. The molecule has 2 heterocycles. The minimum Gasteiger partial charge on any atom is -0.324 e. The van der Waals surface area contributed by atoms with E-state index >= 15 is 0 Å². The van der Waals surface area contributed by atoms with Gasteiger partial charge < -0.3 is 15.2 Å². The van der Waals surface area contributed by atoms with Crippen molar-refractivity contribution >= 4 is 45.3 Å². The van der Waals surface area contributed by atoms with Crippen LogP contribution in [-0.2, 0) is 0 Å². The van der Waals surface area contributed by atoms with Gasteiger partial charge in [0.1, 0.15) is 11.3 Å². The molecule has 2 amide bonds. The molecule has 4 rings (SSSR count). The van der Waals surface area contributed by atoms with E-state index in [4.69, 9.17) is 0 Å². The molecule has 27 heavy (non-hydrogen) atoms. The van der Waals surface area contributed by atoms with Crippen LogP contribution in [0.2, 0.25) is 0 Å². The summed E-state index contributed by atoms with van der Waals surface area (Å²) in [6, 6.07) is 12.1. The number of carbonyl (C=O) groups is 1. The van der Waals surface area contributed by atoms with Crippen LogP contribution in [0.5, 0.6) is 0 Å². The number of aromatic amines is 1. The van der Waals surface area contributed by atoms with Crippen molar-refractivity contribution in [3.05, 3.63) is 62.3 Å². The normalized spacial score (nSPS) is 15.3. The largest absolute Gasteiger partial charge is 0.326 e. The van der Waals surface area contributed by atoms with Gasteiger partial charge in [-0.15, -0.1) is 0 Å². The van der Waals surface area contributed by atoms with Crippen molar-refractivity contribution in [2.45, 2.75) is 18.9 Å². The number of H-pyrrole nitrogens is 1. The van der Waals surface area contributed by atoms with Gasteiger partial charge in [-0.3, -0.25) is 4.57 Å². The molecule has 0 unspecified atom stereocenters. The number of halogens is 2. The van der Waals surface area contributed by atoms with E-state index in [9.17, 15) is 14.0 Å². The standard InChI is InChI=1S/C19H18FIN4O2/c20-15-2-1-3-16-17(15)23-19(27)25(16)14-8-10-24(11-9-14)18(26)22-13-6-4-12(21)5-7-13/h1-7,14H,8-11H2,(H,22,26)(H,23,27). The first kappa shape index (κ1) is 18.0. The molecule has 140 valence electrons. The summed E-state index contributed by atoms with van der Waals surface area (Å²) >= 11 is 2.21. The molecule has 1 aliphatic heterocycles. The minimum absolute atomic E-state index is 0.0598. The van der Waals surface area contributed by atoms with Crippen molar-refractivity contribution in [2.24, 2.45) is 0 Å². The Kier molecular flexibility index (Phi) is 4.90. The second-order valence-electron chi connectivity index (χ2n) is 6.59. The van der Waals surface area contributed by atoms with Crippen LogP contribution in [0.15, 0.2) is 47.3 Å². The van der Waals surface area contributed by atoms with E-state index in [1.165, 1.54) is 6.07 Å². The Morgan fingerprint density at radius 1 is 1.15 bits per heavy atom.